The van der Waals surface area contributed by atoms with Gasteiger partial charge in [0.05, 0.1) is 17.1 Å². The van der Waals surface area contributed by atoms with Crippen molar-refractivity contribution < 1.29 is 14.6 Å². The third-order valence-corrected chi connectivity index (χ3v) is 4.29. The van der Waals surface area contributed by atoms with Gasteiger partial charge in [0.2, 0.25) is 0 Å². The van der Waals surface area contributed by atoms with E-state index < -0.39 is 5.97 Å². The highest BCUT2D eigenvalue weighted by Crippen LogP contribution is 2.28. The van der Waals surface area contributed by atoms with Gasteiger partial charge in [-0.2, -0.15) is 0 Å². The van der Waals surface area contributed by atoms with Crippen LogP contribution in [0.2, 0.25) is 0 Å². The molecular weight excluding hydrogens is 402 g/mol. The molecule has 110 valence electrons. The molecule has 0 aromatic heterocycles. The molecular formula is C15H13Br2NO3. The zero-order valence-electron chi connectivity index (χ0n) is 11.2. The minimum absolute atomic E-state index is 0.262. The summed E-state index contributed by atoms with van der Waals surface area (Å²) in [5, 5.41) is 12.2. The lowest BCUT2D eigenvalue weighted by atomic mass is 10.1. The van der Waals surface area contributed by atoms with Crippen LogP contribution in [0.1, 0.15) is 15.9 Å². The summed E-state index contributed by atoms with van der Waals surface area (Å²) in [6.07, 6.45) is 0. The maximum Gasteiger partial charge on any atom is 0.335 e. The van der Waals surface area contributed by atoms with Gasteiger partial charge >= 0.3 is 5.97 Å². The molecule has 21 heavy (non-hydrogen) atoms. The highest BCUT2D eigenvalue weighted by atomic mass is 79.9. The standard InChI is InChI=1S/C15H13Br2NO3/c1-21-14-5-4-11(7-13(14)17)18-8-10-3-2-9(15(19)20)6-12(10)16/h2-7,18H,8H2,1H3,(H,19,20). The summed E-state index contributed by atoms with van der Waals surface area (Å²) in [7, 11) is 1.62. The Morgan fingerprint density at radius 1 is 1.19 bits per heavy atom. The number of nitrogens with one attached hydrogen (secondary N) is 1. The van der Waals surface area contributed by atoms with E-state index in [-0.39, 0.29) is 5.56 Å². The molecule has 0 radical (unpaired) electrons. The topological polar surface area (TPSA) is 58.6 Å². The zero-order valence-corrected chi connectivity index (χ0v) is 14.4. The number of ether oxygens (including phenoxy) is 1. The number of halogens is 2. The first-order valence-electron chi connectivity index (χ1n) is 6.10. The van der Waals surface area contributed by atoms with Crippen molar-refractivity contribution in [3.05, 3.63) is 56.5 Å². The third kappa shape index (κ3) is 3.98. The molecule has 0 aliphatic heterocycles. The minimum Gasteiger partial charge on any atom is -0.496 e. The fraction of sp³-hybridized carbons (Fsp3) is 0.133. The van der Waals surface area contributed by atoms with Crippen molar-refractivity contribution >= 4 is 43.5 Å². The summed E-state index contributed by atoms with van der Waals surface area (Å²) in [6.45, 7) is 0.583. The Kier molecular flexibility index (Phi) is 5.25. The van der Waals surface area contributed by atoms with Crippen molar-refractivity contribution in [3.8, 4) is 5.75 Å². The number of benzene rings is 2. The quantitative estimate of drug-likeness (QED) is 0.754. The Balaban J connectivity index is 2.09. The second-order valence-electron chi connectivity index (χ2n) is 4.31. The minimum atomic E-state index is -0.936. The predicted octanol–water partition coefficient (Wildman–Crippen LogP) is 4.53. The van der Waals surface area contributed by atoms with Gasteiger partial charge in [-0.25, -0.2) is 4.79 Å². The lowest BCUT2D eigenvalue weighted by Gasteiger charge is -2.11. The SMILES string of the molecule is COc1ccc(NCc2ccc(C(=O)O)cc2Br)cc1Br. The number of hydrogen-bond donors (Lipinski definition) is 2. The molecule has 0 unspecified atom stereocenters. The van der Waals surface area contributed by atoms with Crippen molar-refractivity contribution in [2.45, 2.75) is 6.54 Å². The van der Waals surface area contributed by atoms with Crippen LogP contribution >= 0.6 is 31.9 Å². The fourth-order valence-electron chi connectivity index (χ4n) is 1.80. The first-order valence-corrected chi connectivity index (χ1v) is 7.69. The summed E-state index contributed by atoms with van der Waals surface area (Å²) in [5.41, 5.74) is 2.18. The lowest BCUT2D eigenvalue weighted by molar-refractivity contribution is 0.0697. The van der Waals surface area contributed by atoms with Gasteiger partial charge in [0.1, 0.15) is 5.75 Å². The number of rotatable bonds is 5. The molecule has 0 amide bonds. The molecule has 0 saturated heterocycles. The van der Waals surface area contributed by atoms with E-state index in [9.17, 15) is 4.79 Å². The molecule has 0 bridgehead atoms. The van der Waals surface area contributed by atoms with Crippen LogP contribution in [0.25, 0.3) is 0 Å². The number of hydrogen-bond acceptors (Lipinski definition) is 3. The Morgan fingerprint density at radius 3 is 2.52 bits per heavy atom. The zero-order chi connectivity index (χ0) is 15.4. The molecule has 0 aliphatic rings. The highest BCUT2D eigenvalue weighted by Gasteiger charge is 2.07. The van der Waals surface area contributed by atoms with Gasteiger partial charge in [-0.3, -0.25) is 0 Å². The summed E-state index contributed by atoms with van der Waals surface area (Å²) in [5.74, 6) is -0.165. The summed E-state index contributed by atoms with van der Waals surface area (Å²) < 4.78 is 6.82. The van der Waals surface area contributed by atoms with Gasteiger partial charge in [0.25, 0.3) is 0 Å². The van der Waals surface area contributed by atoms with Crippen molar-refractivity contribution in [2.75, 3.05) is 12.4 Å². The average Bonchev–Trinajstić information content (AvgIpc) is 2.46. The van der Waals surface area contributed by atoms with Gasteiger partial charge < -0.3 is 15.2 Å². The number of anilines is 1. The van der Waals surface area contributed by atoms with Crippen LogP contribution in [0.15, 0.2) is 45.3 Å². The van der Waals surface area contributed by atoms with E-state index in [0.717, 1.165) is 25.9 Å². The Hall–Kier alpha value is -1.53. The fourth-order valence-corrected chi connectivity index (χ4v) is 2.86. The van der Waals surface area contributed by atoms with E-state index >= 15 is 0 Å². The van der Waals surface area contributed by atoms with Gasteiger partial charge in [-0.05, 0) is 51.8 Å². The first-order chi connectivity index (χ1) is 10.0. The molecule has 2 aromatic rings. The number of carboxylic acids is 1. The van der Waals surface area contributed by atoms with Gasteiger partial charge in [0.15, 0.2) is 0 Å². The summed E-state index contributed by atoms with van der Waals surface area (Å²) in [4.78, 5) is 10.9. The molecule has 0 fully saturated rings. The normalized spacial score (nSPS) is 10.2. The second kappa shape index (κ2) is 6.95. The van der Waals surface area contributed by atoms with E-state index in [1.807, 2.05) is 18.2 Å². The summed E-state index contributed by atoms with van der Waals surface area (Å²) in [6, 6.07) is 10.7. The van der Waals surface area contributed by atoms with E-state index in [1.54, 1.807) is 25.3 Å². The molecule has 6 heteroatoms. The third-order valence-electron chi connectivity index (χ3n) is 2.93. The largest absolute Gasteiger partial charge is 0.496 e. The Bertz CT molecular complexity index is 674. The highest BCUT2D eigenvalue weighted by molar-refractivity contribution is 9.10. The molecule has 2 N–H and O–H groups in total. The number of carboxylic acid groups (broad SMARTS) is 1. The Labute approximate surface area is 139 Å². The smallest absolute Gasteiger partial charge is 0.335 e. The Morgan fingerprint density at radius 2 is 1.95 bits per heavy atom. The number of methoxy groups -OCH3 is 1. The first kappa shape index (κ1) is 15.9. The monoisotopic (exact) mass is 413 g/mol. The van der Waals surface area contributed by atoms with Crippen LogP contribution < -0.4 is 10.1 Å². The van der Waals surface area contributed by atoms with Crippen molar-refractivity contribution in [1.29, 1.82) is 0 Å². The predicted molar refractivity (Wildman–Crippen MR) is 89.1 cm³/mol. The van der Waals surface area contributed by atoms with E-state index in [0.29, 0.717) is 6.54 Å². The maximum absolute atomic E-state index is 10.9. The lowest BCUT2D eigenvalue weighted by Crippen LogP contribution is -2.02. The van der Waals surface area contributed by atoms with Crippen molar-refractivity contribution in [1.82, 2.24) is 0 Å². The van der Waals surface area contributed by atoms with Crippen LogP contribution in [0, 0.1) is 0 Å². The second-order valence-corrected chi connectivity index (χ2v) is 6.02. The van der Waals surface area contributed by atoms with Crippen molar-refractivity contribution in [2.24, 2.45) is 0 Å². The van der Waals surface area contributed by atoms with Gasteiger partial charge in [-0.15, -0.1) is 0 Å². The average molecular weight is 415 g/mol. The summed E-state index contributed by atoms with van der Waals surface area (Å²) >= 11 is 6.83. The molecule has 0 spiro atoms. The van der Waals surface area contributed by atoms with E-state index in [4.69, 9.17) is 9.84 Å². The van der Waals surface area contributed by atoms with Crippen LogP contribution in [0.4, 0.5) is 5.69 Å². The molecule has 0 aliphatic carbocycles. The van der Waals surface area contributed by atoms with E-state index in [1.165, 1.54) is 0 Å². The molecule has 0 heterocycles. The van der Waals surface area contributed by atoms with E-state index in [2.05, 4.69) is 37.2 Å². The maximum atomic E-state index is 10.9. The molecule has 0 saturated carbocycles. The van der Waals surface area contributed by atoms with Crippen molar-refractivity contribution in [3.63, 3.8) is 0 Å². The number of aromatic carboxylic acids is 1. The molecule has 4 nitrogen and oxygen atoms in total. The van der Waals surface area contributed by atoms with Gasteiger partial charge in [0, 0.05) is 16.7 Å². The molecule has 2 aromatic carbocycles. The van der Waals surface area contributed by atoms with Gasteiger partial charge in [-0.1, -0.05) is 22.0 Å². The molecule has 2 rings (SSSR count). The van der Waals surface area contributed by atoms with Crippen LogP contribution in [0.3, 0.4) is 0 Å². The van der Waals surface area contributed by atoms with Crippen LogP contribution in [-0.2, 0) is 6.54 Å². The van der Waals surface area contributed by atoms with Crippen LogP contribution in [0.5, 0.6) is 5.75 Å². The number of carbonyl (C=O) groups is 1. The molecule has 0 atom stereocenters. The van der Waals surface area contributed by atoms with Crippen LogP contribution in [-0.4, -0.2) is 18.2 Å².